The molecule has 0 saturated carbocycles. The first-order valence-corrected chi connectivity index (χ1v) is 8.18. The molecule has 5 heteroatoms. The fraction of sp³-hybridized carbons (Fsp3) is 0.438. The summed E-state index contributed by atoms with van der Waals surface area (Å²) in [5, 5.41) is 4.24. The minimum atomic E-state index is 0.0973. The molecule has 1 amide bonds. The van der Waals surface area contributed by atoms with Crippen molar-refractivity contribution in [2.45, 2.75) is 45.1 Å². The molecule has 0 fully saturated rings. The first kappa shape index (κ1) is 14.2. The van der Waals surface area contributed by atoms with E-state index in [0.29, 0.717) is 6.42 Å². The van der Waals surface area contributed by atoms with Gasteiger partial charge in [0.15, 0.2) is 0 Å². The summed E-state index contributed by atoms with van der Waals surface area (Å²) in [6, 6.07) is 4.00. The second kappa shape index (κ2) is 6.35. The number of amides is 1. The highest BCUT2D eigenvalue weighted by Gasteiger charge is 2.25. The molecule has 2 heterocycles. The summed E-state index contributed by atoms with van der Waals surface area (Å²) in [5.41, 5.74) is 2.19. The van der Waals surface area contributed by atoms with Crippen molar-refractivity contribution in [1.82, 2.24) is 15.3 Å². The Hall–Kier alpha value is -1.75. The molecule has 1 aliphatic rings. The van der Waals surface area contributed by atoms with Crippen molar-refractivity contribution in [2.24, 2.45) is 0 Å². The van der Waals surface area contributed by atoms with Gasteiger partial charge < -0.3 is 5.32 Å². The van der Waals surface area contributed by atoms with Gasteiger partial charge >= 0.3 is 0 Å². The van der Waals surface area contributed by atoms with Crippen molar-refractivity contribution in [3.05, 3.63) is 45.7 Å². The van der Waals surface area contributed by atoms with Crippen LogP contribution in [0.4, 0.5) is 0 Å². The van der Waals surface area contributed by atoms with E-state index in [9.17, 15) is 4.79 Å². The Labute approximate surface area is 128 Å². The van der Waals surface area contributed by atoms with Gasteiger partial charge in [0.2, 0.25) is 5.91 Å². The summed E-state index contributed by atoms with van der Waals surface area (Å²) in [6.07, 6.45) is 8.02. The van der Waals surface area contributed by atoms with Crippen molar-refractivity contribution in [1.29, 1.82) is 0 Å². The molecule has 0 saturated heterocycles. The summed E-state index contributed by atoms with van der Waals surface area (Å²) in [6.45, 7) is 2.03. The van der Waals surface area contributed by atoms with Crippen LogP contribution in [0.1, 0.15) is 46.4 Å². The van der Waals surface area contributed by atoms with Crippen LogP contribution in [-0.4, -0.2) is 15.9 Å². The number of fused-ring (bicyclic) bond motifs is 1. The smallest absolute Gasteiger partial charge is 0.220 e. The molecule has 1 aliphatic carbocycles. The van der Waals surface area contributed by atoms with E-state index in [1.807, 2.05) is 25.3 Å². The second-order valence-electron chi connectivity index (χ2n) is 5.41. The lowest BCUT2D eigenvalue weighted by molar-refractivity contribution is -0.121. The van der Waals surface area contributed by atoms with Crippen molar-refractivity contribution >= 4 is 17.2 Å². The third kappa shape index (κ3) is 3.47. The molecule has 0 bridgehead atoms. The van der Waals surface area contributed by atoms with Crippen molar-refractivity contribution in [3.63, 3.8) is 0 Å². The molecule has 110 valence electrons. The van der Waals surface area contributed by atoms with Gasteiger partial charge in [-0.3, -0.25) is 9.78 Å². The Balaban J connectivity index is 1.58. The number of thiazole rings is 1. The van der Waals surface area contributed by atoms with Gasteiger partial charge in [-0.05, 0) is 44.2 Å². The SMILES string of the molecule is Cc1nc2c(s1)CCC[C@@H]2NC(=O)CCc1cccnc1. The maximum atomic E-state index is 12.1. The Bertz CT molecular complexity index is 624. The van der Waals surface area contributed by atoms with Crippen molar-refractivity contribution in [2.75, 3.05) is 0 Å². The molecule has 0 radical (unpaired) electrons. The van der Waals surface area contributed by atoms with E-state index in [4.69, 9.17) is 0 Å². The lowest BCUT2D eigenvalue weighted by atomic mass is 9.97. The lowest BCUT2D eigenvalue weighted by Crippen LogP contribution is -2.31. The Morgan fingerprint density at radius 2 is 2.43 bits per heavy atom. The average Bonchev–Trinajstić information content (AvgIpc) is 2.88. The maximum absolute atomic E-state index is 12.1. The standard InChI is InChI=1S/C16H19N3OS/c1-11-18-16-13(5-2-6-14(16)21-11)19-15(20)8-7-12-4-3-9-17-10-12/h3-4,9-10,13H,2,5-8H2,1H3,(H,19,20)/t13-/m0/s1. The van der Waals surface area contributed by atoms with E-state index in [2.05, 4.69) is 15.3 Å². The molecule has 1 N–H and O–H groups in total. The molecule has 21 heavy (non-hydrogen) atoms. The predicted molar refractivity (Wildman–Crippen MR) is 83.2 cm³/mol. The van der Waals surface area contributed by atoms with Crippen molar-refractivity contribution in [3.8, 4) is 0 Å². The van der Waals surface area contributed by atoms with Crippen LogP contribution in [0.2, 0.25) is 0 Å². The monoisotopic (exact) mass is 301 g/mol. The van der Waals surface area contributed by atoms with Crippen LogP contribution >= 0.6 is 11.3 Å². The van der Waals surface area contributed by atoms with Gasteiger partial charge in [0.1, 0.15) is 0 Å². The molecule has 0 spiro atoms. The number of hydrogen-bond acceptors (Lipinski definition) is 4. The van der Waals surface area contributed by atoms with Gasteiger partial charge in [-0.25, -0.2) is 4.98 Å². The number of nitrogens with one attached hydrogen (secondary N) is 1. The van der Waals surface area contributed by atoms with Gasteiger partial charge in [-0.15, -0.1) is 11.3 Å². The summed E-state index contributed by atoms with van der Waals surface area (Å²) in [7, 11) is 0. The average molecular weight is 301 g/mol. The van der Waals surface area contributed by atoms with Gasteiger partial charge in [0.05, 0.1) is 16.7 Å². The van der Waals surface area contributed by atoms with E-state index in [-0.39, 0.29) is 11.9 Å². The van der Waals surface area contributed by atoms with E-state index in [1.165, 1.54) is 4.88 Å². The predicted octanol–water partition coefficient (Wildman–Crippen LogP) is 2.97. The zero-order valence-corrected chi connectivity index (χ0v) is 12.9. The largest absolute Gasteiger partial charge is 0.348 e. The Morgan fingerprint density at radius 3 is 3.24 bits per heavy atom. The van der Waals surface area contributed by atoms with E-state index < -0.39 is 0 Å². The first-order chi connectivity index (χ1) is 10.2. The number of rotatable bonds is 4. The molecule has 3 rings (SSSR count). The van der Waals surface area contributed by atoms with E-state index in [1.54, 1.807) is 17.5 Å². The number of pyridine rings is 1. The summed E-state index contributed by atoms with van der Waals surface area (Å²) in [4.78, 5) is 22.2. The van der Waals surface area contributed by atoms with Gasteiger partial charge in [0.25, 0.3) is 0 Å². The van der Waals surface area contributed by atoms with Crippen LogP contribution in [0, 0.1) is 6.92 Å². The summed E-state index contributed by atoms with van der Waals surface area (Å²) >= 11 is 1.76. The Morgan fingerprint density at radius 1 is 1.52 bits per heavy atom. The zero-order chi connectivity index (χ0) is 14.7. The van der Waals surface area contributed by atoms with Crippen LogP contribution in [0.15, 0.2) is 24.5 Å². The lowest BCUT2D eigenvalue weighted by Gasteiger charge is -2.22. The van der Waals surface area contributed by atoms with Crippen LogP contribution in [-0.2, 0) is 17.6 Å². The number of hydrogen-bond donors (Lipinski definition) is 1. The van der Waals surface area contributed by atoms with Crippen LogP contribution < -0.4 is 5.32 Å². The minimum Gasteiger partial charge on any atom is -0.348 e. The fourth-order valence-corrected chi connectivity index (χ4v) is 3.79. The molecule has 0 unspecified atom stereocenters. The quantitative estimate of drug-likeness (QED) is 0.944. The minimum absolute atomic E-state index is 0.0973. The number of aromatic nitrogens is 2. The molecular weight excluding hydrogens is 282 g/mol. The van der Waals surface area contributed by atoms with Crippen molar-refractivity contribution < 1.29 is 4.79 Å². The van der Waals surface area contributed by atoms with Crippen LogP contribution in [0.25, 0.3) is 0 Å². The molecule has 0 aliphatic heterocycles. The maximum Gasteiger partial charge on any atom is 0.220 e. The van der Waals surface area contributed by atoms with Gasteiger partial charge in [-0.2, -0.15) is 0 Å². The number of nitrogens with zero attached hydrogens (tertiary/aromatic N) is 2. The highest BCUT2D eigenvalue weighted by Crippen LogP contribution is 2.32. The summed E-state index contributed by atoms with van der Waals surface area (Å²) in [5.74, 6) is 0.0994. The molecule has 4 nitrogen and oxygen atoms in total. The molecule has 1 atom stereocenters. The van der Waals surface area contributed by atoms with E-state index >= 15 is 0 Å². The fourth-order valence-electron chi connectivity index (χ4n) is 2.75. The normalized spacial score (nSPS) is 17.3. The van der Waals surface area contributed by atoms with Gasteiger partial charge in [-0.1, -0.05) is 6.07 Å². The molecule has 2 aromatic heterocycles. The summed E-state index contributed by atoms with van der Waals surface area (Å²) < 4.78 is 0. The topological polar surface area (TPSA) is 54.9 Å². The third-order valence-corrected chi connectivity index (χ3v) is 4.81. The first-order valence-electron chi connectivity index (χ1n) is 7.37. The van der Waals surface area contributed by atoms with E-state index in [0.717, 1.165) is 41.9 Å². The molecular formula is C16H19N3OS. The second-order valence-corrected chi connectivity index (χ2v) is 6.70. The Kier molecular flexibility index (Phi) is 4.29. The number of carbonyl (C=O) groups is 1. The number of aryl methyl sites for hydroxylation is 3. The highest BCUT2D eigenvalue weighted by molar-refractivity contribution is 7.11. The van der Waals surface area contributed by atoms with Crippen LogP contribution in [0.3, 0.4) is 0 Å². The van der Waals surface area contributed by atoms with Gasteiger partial charge in [0, 0.05) is 23.7 Å². The third-order valence-electron chi connectivity index (χ3n) is 3.76. The highest BCUT2D eigenvalue weighted by atomic mass is 32.1. The molecule has 2 aromatic rings. The van der Waals surface area contributed by atoms with Crippen LogP contribution in [0.5, 0.6) is 0 Å². The number of carbonyl (C=O) groups excluding carboxylic acids is 1. The zero-order valence-electron chi connectivity index (χ0n) is 12.1. The molecule has 0 aromatic carbocycles.